The van der Waals surface area contributed by atoms with E-state index in [0.717, 1.165) is 39.7 Å². The van der Waals surface area contributed by atoms with Crippen LogP contribution in [0.5, 0.6) is 11.5 Å². The van der Waals surface area contributed by atoms with E-state index in [1.165, 1.54) is 5.56 Å². The molecule has 0 N–H and O–H groups in total. The molecule has 0 amide bonds. The lowest BCUT2D eigenvalue weighted by Gasteiger charge is -2.38. The molecule has 0 saturated carbocycles. The summed E-state index contributed by atoms with van der Waals surface area (Å²) in [5, 5.41) is 0. The van der Waals surface area contributed by atoms with Crippen molar-refractivity contribution >= 4 is 11.4 Å². The van der Waals surface area contributed by atoms with Gasteiger partial charge in [-0.2, -0.15) is 0 Å². The maximum absolute atomic E-state index is 6.64. The summed E-state index contributed by atoms with van der Waals surface area (Å²) in [6.07, 6.45) is 16.5. The van der Waals surface area contributed by atoms with E-state index in [2.05, 4.69) is 130 Å². The molecule has 4 heterocycles. The Balaban J connectivity index is 0.000000152. The summed E-state index contributed by atoms with van der Waals surface area (Å²) in [4.78, 5) is 2.29. The zero-order valence-electron chi connectivity index (χ0n) is 26.8. The maximum atomic E-state index is 6.64. The van der Waals surface area contributed by atoms with Crippen LogP contribution >= 0.6 is 0 Å². The molecule has 4 aliphatic heterocycles. The number of benzene rings is 4. The molecule has 230 valence electrons. The van der Waals surface area contributed by atoms with Crippen LogP contribution in [-0.2, 0) is 20.7 Å². The number of anilines is 2. The number of hydrogen-bond acceptors (Lipinski definition) is 4. The first-order chi connectivity index (χ1) is 22.2. The summed E-state index contributed by atoms with van der Waals surface area (Å²) in [6, 6.07) is 35.1. The van der Waals surface area contributed by atoms with E-state index in [-0.39, 0.29) is 11.2 Å². The van der Waals surface area contributed by atoms with Gasteiger partial charge >= 0.3 is 0 Å². The van der Waals surface area contributed by atoms with Crippen LogP contribution in [0.15, 0.2) is 164 Å². The smallest absolute Gasteiger partial charge is 0.155 e. The molecular formula is C42H39NO3. The van der Waals surface area contributed by atoms with Gasteiger partial charge in [-0.15, -0.1) is 0 Å². The second-order valence-corrected chi connectivity index (χ2v) is 13.0. The molecule has 1 unspecified atom stereocenters. The SMILES string of the molecule is C=C/C=C\C=C1/N(c2ccccc2)c2ccccc2C12C=CC(C)(C)O2.CC1(C)C=CC2(O1)c1ccccc1Oc1ccccc12. The molecule has 4 heteroatoms. The number of para-hydroxylation sites is 4. The maximum Gasteiger partial charge on any atom is 0.155 e. The Morgan fingerprint density at radius 3 is 1.65 bits per heavy atom. The number of nitrogens with zero attached hydrogens (tertiary/aromatic N) is 1. The normalized spacial score (nSPS) is 22.8. The number of hydrogen-bond donors (Lipinski definition) is 0. The average molecular weight is 606 g/mol. The molecule has 0 radical (unpaired) electrons. The van der Waals surface area contributed by atoms with Crippen molar-refractivity contribution in [1.29, 1.82) is 0 Å². The van der Waals surface area contributed by atoms with Crippen molar-refractivity contribution in [3.63, 3.8) is 0 Å². The lowest BCUT2D eigenvalue weighted by atomic mass is 9.83. The minimum absolute atomic E-state index is 0.280. The van der Waals surface area contributed by atoms with Gasteiger partial charge in [0.2, 0.25) is 0 Å². The molecule has 1 atom stereocenters. The minimum Gasteiger partial charge on any atom is -0.457 e. The van der Waals surface area contributed by atoms with Gasteiger partial charge in [-0.1, -0.05) is 110 Å². The molecule has 0 bridgehead atoms. The van der Waals surface area contributed by atoms with Crippen LogP contribution < -0.4 is 9.64 Å². The number of fused-ring (bicyclic) bond motifs is 6. The average Bonchev–Trinajstić information content (AvgIpc) is 3.66. The van der Waals surface area contributed by atoms with E-state index in [4.69, 9.17) is 14.2 Å². The molecule has 4 nitrogen and oxygen atoms in total. The highest BCUT2D eigenvalue weighted by molar-refractivity contribution is 5.81. The second kappa shape index (κ2) is 11.2. The van der Waals surface area contributed by atoms with Gasteiger partial charge in [-0.05, 0) is 76.3 Å². The van der Waals surface area contributed by atoms with Crippen LogP contribution in [0.3, 0.4) is 0 Å². The monoisotopic (exact) mass is 605 g/mol. The van der Waals surface area contributed by atoms with E-state index >= 15 is 0 Å². The molecule has 0 saturated heterocycles. The predicted molar refractivity (Wildman–Crippen MR) is 186 cm³/mol. The first-order valence-electron chi connectivity index (χ1n) is 15.8. The zero-order valence-corrected chi connectivity index (χ0v) is 26.8. The van der Waals surface area contributed by atoms with Gasteiger partial charge in [0, 0.05) is 22.4 Å². The van der Waals surface area contributed by atoms with Crippen molar-refractivity contribution in [3.05, 3.63) is 181 Å². The van der Waals surface area contributed by atoms with E-state index in [1.807, 2.05) is 54.6 Å². The van der Waals surface area contributed by atoms with Crippen LogP contribution in [0.1, 0.15) is 44.4 Å². The topological polar surface area (TPSA) is 30.9 Å². The van der Waals surface area contributed by atoms with Gasteiger partial charge in [0.25, 0.3) is 0 Å². The van der Waals surface area contributed by atoms with Crippen molar-refractivity contribution in [1.82, 2.24) is 0 Å². The fourth-order valence-corrected chi connectivity index (χ4v) is 6.86. The van der Waals surface area contributed by atoms with Crippen molar-refractivity contribution in [2.75, 3.05) is 4.90 Å². The Bertz CT molecular complexity index is 1870. The highest BCUT2D eigenvalue weighted by atomic mass is 16.5. The lowest BCUT2D eigenvalue weighted by molar-refractivity contribution is -0.0539. The summed E-state index contributed by atoms with van der Waals surface area (Å²) in [7, 11) is 0. The van der Waals surface area contributed by atoms with E-state index in [9.17, 15) is 0 Å². The van der Waals surface area contributed by atoms with Gasteiger partial charge in [-0.3, -0.25) is 0 Å². The van der Waals surface area contributed by atoms with Gasteiger partial charge < -0.3 is 19.1 Å². The van der Waals surface area contributed by atoms with Gasteiger partial charge in [-0.25, -0.2) is 0 Å². The summed E-state index contributed by atoms with van der Waals surface area (Å²) in [5.74, 6) is 1.74. The summed E-state index contributed by atoms with van der Waals surface area (Å²) in [5.41, 5.74) is 4.96. The minimum atomic E-state index is -0.582. The van der Waals surface area contributed by atoms with Gasteiger partial charge in [0.05, 0.1) is 22.6 Å². The zero-order chi connectivity index (χ0) is 32.0. The number of ether oxygens (including phenoxy) is 3. The fourth-order valence-electron chi connectivity index (χ4n) is 6.86. The van der Waals surface area contributed by atoms with Gasteiger partial charge in [0.1, 0.15) is 17.1 Å². The highest BCUT2D eigenvalue weighted by Crippen LogP contribution is 2.57. The third-order valence-electron chi connectivity index (χ3n) is 8.76. The van der Waals surface area contributed by atoms with Gasteiger partial charge in [0.15, 0.2) is 5.60 Å². The number of allylic oxidation sites excluding steroid dienone is 4. The lowest BCUT2D eigenvalue weighted by Crippen LogP contribution is -2.34. The Hall–Kier alpha value is -4.90. The summed E-state index contributed by atoms with van der Waals surface area (Å²) in [6.45, 7) is 12.1. The van der Waals surface area contributed by atoms with E-state index in [0.29, 0.717) is 0 Å². The standard InChI is InChI=1S/C24H23NO.C18H16O2/c1-4-5-7-16-22-24(18-17-23(2,3)26-24)20-14-10-11-15-21(20)25(22)19-12-8-6-9-13-19;1-17(2)11-12-18(20-17)13-7-3-5-9-15(13)19-16-10-6-4-8-14(16)18/h4-18H,1H2,2-3H3;3-12H,1-2H3/b7-5-,22-16-;. The molecule has 8 rings (SSSR count). The molecule has 46 heavy (non-hydrogen) atoms. The Labute approximate surface area is 272 Å². The Morgan fingerprint density at radius 2 is 1.09 bits per heavy atom. The molecule has 0 aromatic heterocycles. The molecule has 4 aromatic rings. The molecule has 4 aliphatic rings. The predicted octanol–water partition coefficient (Wildman–Crippen LogP) is 10.4. The van der Waals surface area contributed by atoms with Crippen LogP contribution in [0.25, 0.3) is 0 Å². The first-order valence-corrected chi connectivity index (χ1v) is 15.8. The largest absolute Gasteiger partial charge is 0.457 e. The first kappa shape index (κ1) is 29.8. The molecule has 4 aromatic carbocycles. The van der Waals surface area contributed by atoms with E-state index in [1.54, 1.807) is 6.08 Å². The Kier molecular flexibility index (Phi) is 7.23. The molecule has 0 fully saturated rings. The third-order valence-corrected chi connectivity index (χ3v) is 8.76. The Morgan fingerprint density at radius 1 is 0.565 bits per heavy atom. The molecular weight excluding hydrogens is 566 g/mol. The fraction of sp³-hybridized carbons (Fsp3) is 0.190. The van der Waals surface area contributed by atoms with Crippen molar-refractivity contribution < 1.29 is 14.2 Å². The summed E-state index contributed by atoms with van der Waals surface area (Å²) >= 11 is 0. The summed E-state index contributed by atoms with van der Waals surface area (Å²) < 4.78 is 19.1. The van der Waals surface area contributed by atoms with Crippen molar-refractivity contribution in [3.8, 4) is 11.5 Å². The molecule has 2 spiro atoms. The number of rotatable bonds is 3. The second-order valence-electron chi connectivity index (χ2n) is 13.0. The van der Waals surface area contributed by atoms with Crippen LogP contribution in [0, 0.1) is 0 Å². The van der Waals surface area contributed by atoms with Crippen LogP contribution in [0.2, 0.25) is 0 Å². The van der Waals surface area contributed by atoms with E-state index < -0.39 is 11.2 Å². The highest BCUT2D eigenvalue weighted by Gasteiger charge is 2.52. The van der Waals surface area contributed by atoms with Crippen molar-refractivity contribution in [2.45, 2.75) is 50.1 Å². The quantitative estimate of drug-likeness (QED) is 0.172. The third kappa shape index (κ3) is 4.95. The van der Waals surface area contributed by atoms with Crippen LogP contribution in [0.4, 0.5) is 11.4 Å². The van der Waals surface area contributed by atoms with Crippen LogP contribution in [-0.4, -0.2) is 11.2 Å². The molecule has 0 aliphatic carbocycles. The van der Waals surface area contributed by atoms with Crippen molar-refractivity contribution in [2.24, 2.45) is 0 Å².